The molecule has 2 heterocycles. The first-order valence-corrected chi connectivity index (χ1v) is 8.52. The molecule has 1 aliphatic heterocycles. The highest BCUT2D eigenvalue weighted by atomic mass is 19.1. The van der Waals surface area contributed by atoms with Crippen LogP contribution in [0.2, 0.25) is 0 Å². The number of piperazine rings is 1. The lowest BCUT2D eigenvalue weighted by atomic mass is 10.1. The molecule has 0 saturated carbocycles. The average molecular weight is 378 g/mol. The van der Waals surface area contributed by atoms with Gasteiger partial charge in [-0.25, -0.2) is 14.6 Å². The van der Waals surface area contributed by atoms with E-state index in [9.17, 15) is 14.0 Å². The summed E-state index contributed by atoms with van der Waals surface area (Å²) in [7, 11) is 1.19. The molecule has 0 radical (unpaired) electrons. The summed E-state index contributed by atoms with van der Waals surface area (Å²) < 4.78 is 24.4. The molecular weight excluding hydrogens is 355 g/mol. The van der Waals surface area contributed by atoms with Crippen molar-refractivity contribution in [1.29, 1.82) is 5.26 Å². The quantitative estimate of drug-likeness (QED) is 0.588. The van der Waals surface area contributed by atoms with Gasteiger partial charge >= 0.3 is 12.1 Å². The summed E-state index contributed by atoms with van der Waals surface area (Å²) >= 11 is 0. The molecule has 1 aromatic heterocycles. The van der Waals surface area contributed by atoms with Crippen LogP contribution in [0.15, 0.2) is 12.1 Å². The van der Waals surface area contributed by atoms with Crippen LogP contribution >= 0.6 is 0 Å². The number of anilines is 1. The summed E-state index contributed by atoms with van der Waals surface area (Å²) in [5, 5.41) is 9.13. The second kappa shape index (κ2) is 8.20. The van der Waals surface area contributed by atoms with E-state index in [0.29, 0.717) is 13.1 Å². The highest BCUT2D eigenvalue weighted by molar-refractivity contribution is 5.87. The summed E-state index contributed by atoms with van der Waals surface area (Å²) in [5.41, 5.74) is -0.590. The molecule has 27 heavy (non-hydrogen) atoms. The van der Waals surface area contributed by atoms with Crippen LogP contribution in [0.4, 0.5) is 14.9 Å². The first kappa shape index (κ1) is 20.4. The van der Waals surface area contributed by atoms with Gasteiger partial charge < -0.3 is 19.3 Å². The van der Waals surface area contributed by atoms with E-state index < -0.39 is 29.7 Å². The first-order chi connectivity index (χ1) is 12.7. The molecule has 0 N–H and O–H groups in total. The fourth-order valence-electron chi connectivity index (χ4n) is 2.80. The molecule has 8 nitrogen and oxygen atoms in total. The van der Waals surface area contributed by atoms with Gasteiger partial charge in [-0.3, -0.25) is 0 Å². The number of nitriles is 1. The van der Waals surface area contributed by atoms with E-state index in [4.69, 9.17) is 10.00 Å². The molecule has 0 bridgehead atoms. The number of carbonyl (C=O) groups is 2. The fourth-order valence-corrected chi connectivity index (χ4v) is 2.80. The monoisotopic (exact) mass is 378 g/mol. The molecule has 0 spiro atoms. The van der Waals surface area contributed by atoms with Gasteiger partial charge in [0.15, 0.2) is 5.69 Å². The van der Waals surface area contributed by atoms with E-state index in [1.807, 2.05) is 0 Å². The lowest BCUT2D eigenvalue weighted by Gasteiger charge is -2.42. The smallest absolute Gasteiger partial charge is 0.410 e. The van der Waals surface area contributed by atoms with Gasteiger partial charge in [0.05, 0.1) is 31.3 Å². The van der Waals surface area contributed by atoms with E-state index in [1.165, 1.54) is 24.1 Å². The minimum absolute atomic E-state index is 0.0947. The summed E-state index contributed by atoms with van der Waals surface area (Å²) in [4.78, 5) is 30.6. The molecular formula is C18H23FN4O4. The standard InChI is InChI=1S/C18H23FN4O4/c1-18(2,3)27-17(25)22-9-10-23(12(11-22)7-8-20)14-6-5-13(16(24)26-4)21-15(14)19/h5-6,12H,7,9-11H2,1-4H3/t12-/m1/s1. The van der Waals surface area contributed by atoms with Crippen LogP contribution < -0.4 is 4.90 Å². The highest BCUT2D eigenvalue weighted by Gasteiger charge is 2.33. The topological polar surface area (TPSA) is 95.8 Å². The molecule has 1 aliphatic rings. The number of halogens is 1. The number of hydrogen-bond acceptors (Lipinski definition) is 7. The van der Waals surface area contributed by atoms with Crippen LogP contribution in [0.3, 0.4) is 0 Å². The summed E-state index contributed by atoms with van der Waals surface area (Å²) in [5.74, 6) is -1.56. The van der Waals surface area contributed by atoms with Crippen LogP contribution in [-0.4, -0.2) is 60.3 Å². The zero-order valence-corrected chi connectivity index (χ0v) is 15.9. The summed E-state index contributed by atoms with van der Waals surface area (Å²) in [6.45, 7) is 6.17. The number of methoxy groups -OCH3 is 1. The van der Waals surface area contributed by atoms with E-state index in [1.54, 1.807) is 25.7 Å². The van der Waals surface area contributed by atoms with Crippen molar-refractivity contribution in [2.75, 3.05) is 31.6 Å². The minimum atomic E-state index is -0.827. The number of amides is 1. The van der Waals surface area contributed by atoms with Gasteiger partial charge in [-0.2, -0.15) is 9.65 Å². The number of esters is 1. The van der Waals surface area contributed by atoms with Gasteiger partial charge in [0, 0.05) is 19.6 Å². The van der Waals surface area contributed by atoms with Crippen molar-refractivity contribution in [1.82, 2.24) is 9.88 Å². The lowest BCUT2D eigenvalue weighted by Crippen LogP contribution is -2.55. The molecule has 1 amide bonds. The van der Waals surface area contributed by atoms with Crippen molar-refractivity contribution in [3.05, 3.63) is 23.8 Å². The Morgan fingerprint density at radius 3 is 2.63 bits per heavy atom. The third-order valence-corrected chi connectivity index (χ3v) is 3.99. The van der Waals surface area contributed by atoms with Crippen LogP contribution in [-0.2, 0) is 9.47 Å². The predicted molar refractivity (Wildman–Crippen MR) is 94.7 cm³/mol. The zero-order chi connectivity index (χ0) is 20.2. The number of pyridine rings is 1. The van der Waals surface area contributed by atoms with Crippen molar-refractivity contribution in [2.24, 2.45) is 0 Å². The molecule has 0 unspecified atom stereocenters. The second-order valence-corrected chi connectivity index (χ2v) is 7.13. The van der Waals surface area contributed by atoms with Crippen LogP contribution in [0.25, 0.3) is 0 Å². The minimum Gasteiger partial charge on any atom is -0.464 e. The van der Waals surface area contributed by atoms with Gasteiger partial charge in [-0.15, -0.1) is 0 Å². The van der Waals surface area contributed by atoms with Gasteiger partial charge in [0.25, 0.3) is 0 Å². The van der Waals surface area contributed by atoms with E-state index in [0.717, 1.165) is 0 Å². The number of carbonyl (C=O) groups excluding carboxylic acids is 2. The number of hydrogen-bond donors (Lipinski definition) is 0. The molecule has 146 valence electrons. The molecule has 0 aliphatic carbocycles. The Morgan fingerprint density at radius 1 is 1.37 bits per heavy atom. The predicted octanol–water partition coefficient (Wildman–Crippen LogP) is 2.35. The molecule has 1 fully saturated rings. The van der Waals surface area contributed by atoms with Gasteiger partial charge in [0.1, 0.15) is 5.60 Å². The molecule has 1 saturated heterocycles. The number of ether oxygens (including phenoxy) is 2. The summed E-state index contributed by atoms with van der Waals surface area (Å²) in [6, 6.07) is 4.45. The van der Waals surface area contributed by atoms with Gasteiger partial charge in [0.2, 0.25) is 5.95 Å². The van der Waals surface area contributed by atoms with E-state index in [2.05, 4.69) is 15.8 Å². The Labute approximate surface area is 157 Å². The van der Waals surface area contributed by atoms with Crippen LogP contribution in [0.5, 0.6) is 0 Å². The maximum atomic E-state index is 14.5. The zero-order valence-electron chi connectivity index (χ0n) is 15.9. The molecule has 2 rings (SSSR count). The number of aromatic nitrogens is 1. The molecule has 1 aromatic rings. The first-order valence-electron chi connectivity index (χ1n) is 8.52. The highest BCUT2D eigenvalue weighted by Crippen LogP contribution is 2.25. The normalized spacial score (nSPS) is 17.3. The SMILES string of the molecule is COC(=O)c1ccc(N2CCN(C(=O)OC(C)(C)C)C[C@H]2CC#N)c(F)n1. The van der Waals surface area contributed by atoms with Gasteiger partial charge in [-0.1, -0.05) is 0 Å². The van der Waals surface area contributed by atoms with E-state index in [-0.39, 0.29) is 24.3 Å². The fraction of sp³-hybridized carbons (Fsp3) is 0.556. The van der Waals surface area contributed by atoms with Gasteiger partial charge in [-0.05, 0) is 32.9 Å². The van der Waals surface area contributed by atoms with Crippen molar-refractivity contribution >= 4 is 17.7 Å². The third kappa shape index (κ3) is 5.06. The Hall–Kier alpha value is -2.89. The van der Waals surface area contributed by atoms with Crippen molar-refractivity contribution < 1.29 is 23.5 Å². The van der Waals surface area contributed by atoms with Crippen LogP contribution in [0, 0.1) is 17.3 Å². The van der Waals surface area contributed by atoms with Crippen molar-refractivity contribution in [3.8, 4) is 6.07 Å². The van der Waals surface area contributed by atoms with E-state index >= 15 is 0 Å². The number of rotatable bonds is 3. The molecule has 1 atom stereocenters. The Morgan fingerprint density at radius 2 is 2.07 bits per heavy atom. The van der Waals surface area contributed by atoms with Crippen LogP contribution in [0.1, 0.15) is 37.7 Å². The van der Waals surface area contributed by atoms with Crippen molar-refractivity contribution in [3.63, 3.8) is 0 Å². The Bertz CT molecular complexity index is 757. The lowest BCUT2D eigenvalue weighted by molar-refractivity contribution is 0.0215. The third-order valence-electron chi connectivity index (χ3n) is 3.99. The summed E-state index contributed by atoms with van der Waals surface area (Å²) in [6.07, 6.45) is -0.373. The largest absolute Gasteiger partial charge is 0.464 e. The Balaban J connectivity index is 2.20. The number of nitrogens with zero attached hydrogens (tertiary/aromatic N) is 4. The molecule has 0 aromatic carbocycles. The Kier molecular flexibility index (Phi) is 6.20. The second-order valence-electron chi connectivity index (χ2n) is 7.13. The van der Waals surface area contributed by atoms with Crippen molar-refractivity contribution in [2.45, 2.75) is 38.8 Å². The maximum absolute atomic E-state index is 14.5. The maximum Gasteiger partial charge on any atom is 0.410 e. The molecule has 9 heteroatoms. The average Bonchev–Trinajstić information content (AvgIpc) is 2.60.